The van der Waals surface area contributed by atoms with Gasteiger partial charge < -0.3 is 0 Å². The molecular formula is C5H6Cl6. The highest BCUT2D eigenvalue weighted by atomic mass is 35.6. The lowest BCUT2D eigenvalue weighted by atomic mass is 10.6. The molecule has 0 rings (SSSR count). The number of rotatable bonds is 0. The summed E-state index contributed by atoms with van der Waals surface area (Å²) in [6.45, 7) is 1.81. The predicted octanol–water partition coefficient (Wildman–Crippen LogP) is 5.27. The summed E-state index contributed by atoms with van der Waals surface area (Å²) < 4.78 is -0.952. The van der Waals surface area contributed by atoms with Gasteiger partial charge in [-0.3, -0.25) is 0 Å². The van der Waals surface area contributed by atoms with E-state index in [0.29, 0.717) is 6.42 Å². The summed E-state index contributed by atoms with van der Waals surface area (Å²) in [5.74, 6) is 0. The minimum absolute atomic E-state index is 0.0895. The van der Waals surface area contributed by atoms with E-state index in [-0.39, 0.29) is 4.49 Å². The lowest BCUT2D eigenvalue weighted by Crippen LogP contribution is -1.95. The third kappa shape index (κ3) is 24.6. The first-order chi connectivity index (χ1) is 4.83. The summed E-state index contributed by atoms with van der Waals surface area (Å²) in [4.78, 5) is 0. The quantitative estimate of drug-likeness (QED) is 0.530. The van der Waals surface area contributed by atoms with Crippen LogP contribution in [-0.4, -0.2) is 3.79 Å². The molecule has 0 aromatic carbocycles. The summed E-state index contributed by atoms with van der Waals surface area (Å²) in [7, 11) is 0. The number of halogens is 6. The van der Waals surface area contributed by atoms with Crippen LogP contribution in [0.1, 0.15) is 13.3 Å². The van der Waals surface area contributed by atoms with Crippen molar-refractivity contribution in [3.8, 4) is 0 Å². The Morgan fingerprint density at radius 1 is 1.27 bits per heavy atom. The Labute approximate surface area is 96.3 Å². The Hall–Kier alpha value is 1.48. The fourth-order valence-electron chi connectivity index (χ4n) is 0. The third-order valence-corrected chi connectivity index (χ3v) is 1.94. The highest BCUT2D eigenvalue weighted by Crippen LogP contribution is 2.28. The Balaban J connectivity index is 0. The first-order valence-corrected chi connectivity index (χ1v) is 4.84. The van der Waals surface area contributed by atoms with E-state index in [1.807, 2.05) is 6.92 Å². The van der Waals surface area contributed by atoms with E-state index in [0.717, 1.165) is 5.54 Å². The van der Waals surface area contributed by atoms with Crippen LogP contribution in [0.5, 0.6) is 0 Å². The van der Waals surface area contributed by atoms with Crippen LogP contribution in [0, 0.1) is 0 Å². The van der Waals surface area contributed by atoms with Gasteiger partial charge in [0.2, 0.25) is 0 Å². The predicted molar refractivity (Wildman–Crippen MR) is 56.2 cm³/mol. The molecule has 0 N–H and O–H groups in total. The van der Waals surface area contributed by atoms with E-state index < -0.39 is 3.79 Å². The molecule has 0 saturated heterocycles. The molecule has 68 valence electrons. The van der Waals surface area contributed by atoms with Gasteiger partial charge in [0.05, 0.1) is 0 Å². The van der Waals surface area contributed by atoms with Crippen molar-refractivity contribution >= 4 is 69.6 Å². The fraction of sp³-hybridized carbons (Fsp3) is 0.600. The molecule has 0 amide bonds. The van der Waals surface area contributed by atoms with Gasteiger partial charge in [0.1, 0.15) is 4.49 Å². The first-order valence-electron chi connectivity index (χ1n) is 2.51. The summed E-state index contributed by atoms with van der Waals surface area (Å²) in [5.41, 5.74) is 1.09. The molecule has 0 radical (unpaired) electrons. The van der Waals surface area contributed by atoms with Crippen molar-refractivity contribution in [2.75, 3.05) is 0 Å². The van der Waals surface area contributed by atoms with E-state index in [1.165, 1.54) is 0 Å². The third-order valence-electron chi connectivity index (χ3n) is 0.483. The molecule has 0 saturated carbocycles. The second-order valence-electron chi connectivity index (χ2n) is 1.37. The topological polar surface area (TPSA) is 0 Å². The van der Waals surface area contributed by atoms with Crippen LogP contribution in [-0.2, 0) is 0 Å². The van der Waals surface area contributed by atoms with Crippen LogP contribution in [0.2, 0.25) is 0 Å². The Morgan fingerprint density at radius 3 is 1.45 bits per heavy atom. The Kier molecular flexibility index (Phi) is 11.0. The molecule has 0 fully saturated rings. The van der Waals surface area contributed by atoms with Gasteiger partial charge in [-0.05, 0) is 6.42 Å². The van der Waals surface area contributed by atoms with Gasteiger partial charge in [-0.2, -0.15) is 0 Å². The molecule has 0 aromatic rings. The largest absolute Gasteiger partial charge is 0.190 e. The van der Waals surface area contributed by atoms with Gasteiger partial charge in [-0.1, -0.05) is 76.5 Å². The van der Waals surface area contributed by atoms with E-state index in [1.54, 1.807) is 0 Å². The zero-order valence-corrected chi connectivity index (χ0v) is 10.1. The maximum atomic E-state index is 5.25. The SMILES string of the molecule is CCC(Cl)(Cl)Cl.ClC=C(Cl)Cl. The zero-order valence-electron chi connectivity index (χ0n) is 5.55. The van der Waals surface area contributed by atoms with E-state index in [9.17, 15) is 0 Å². The lowest BCUT2D eigenvalue weighted by molar-refractivity contribution is 0.974. The lowest BCUT2D eigenvalue weighted by Gasteiger charge is -2.02. The Morgan fingerprint density at radius 2 is 1.45 bits per heavy atom. The standard InChI is InChI=1S/C3H5Cl3.C2HCl3/c1-2-3(4,5)6;3-1-2(4)5/h2H2,1H3;1H. The first kappa shape index (κ1) is 15.0. The molecule has 0 unspecified atom stereocenters. The molecular weight excluding hydrogens is 273 g/mol. The molecule has 11 heavy (non-hydrogen) atoms. The monoisotopic (exact) mass is 276 g/mol. The van der Waals surface area contributed by atoms with Crippen LogP contribution in [0.3, 0.4) is 0 Å². The van der Waals surface area contributed by atoms with Crippen LogP contribution in [0.4, 0.5) is 0 Å². The number of hydrogen-bond donors (Lipinski definition) is 0. The number of alkyl halides is 3. The highest BCUT2D eigenvalue weighted by Gasteiger charge is 2.14. The second kappa shape index (κ2) is 8.10. The maximum absolute atomic E-state index is 5.25. The van der Waals surface area contributed by atoms with Crippen molar-refractivity contribution in [1.82, 2.24) is 0 Å². The average molecular weight is 279 g/mol. The van der Waals surface area contributed by atoms with E-state index in [2.05, 4.69) is 0 Å². The van der Waals surface area contributed by atoms with Crippen LogP contribution < -0.4 is 0 Å². The molecule has 0 atom stereocenters. The van der Waals surface area contributed by atoms with Gasteiger partial charge in [0.15, 0.2) is 3.79 Å². The van der Waals surface area contributed by atoms with Gasteiger partial charge >= 0.3 is 0 Å². The summed E-state index contributed by atoms with van der Waals surface area (Å²) in [5, 5.41) is 0. The molecule has 0 spiro atoms. The molecule has 0 aliphatic rings. The van der Waals surface area contributed by atoms with E-state index in [4.69, 9.17) is 69.6 Å². The minimum Gasteiger partial charge on any atom is -0.0904 e. The average Bonchev–Trinajstić information content (AvgIpc) is 1.88. The van der Waals surface area contributed by atoms with Crippen molar-refractivity contribution in [3.63, 3.8) is 0 Å². The van der Waals surface area contributed by atoms with Gasteiger partial charge in [0, 0.05) is 5.54 Å². The van der Waals surface area contributed by atoms with Crippen LogP contribution in [0.25, 0.3) is 0 Å². The molecule has 0 bridgehead atoms. The molecule has 0 aliphatic carbocycles. The normalized spacial score (nSPS) is 9.73. The maximum Gasteiger partial charge on any atom is 0.190 e. The molecule has 0 heterocycles. The Bertz CT molecular complexity index is 109. The smallest absolute Gasteiger partial charge is 0.0904 e. The van der Waals surface area contributed by atoms with Crippen molar-refractivity contribution < 1.29 is 0 Å². The van der Waals surface area contributed by atoms with Crippen molar-refractivity contribution in [2.45, 2.75) is 17.1 Å². The molecule has 0 nitrogen and oxygen atoms in total. The summed E-state index contributed by atoms with van der Waals surface area (Å²) in [6.07, 6.45) is 0.567. The van der Waals surface area contributed by atoms with Crippen LogP contribution >= 0.6 is 69.6 Å². The summed E-state index contributed by atoms with van der Waals surface area (Å²) in [6, 6.07) is 0. The van der Waals surface area contributed by atoms with Gasteiger partial charge in [-0.25, -0.2) is 0 Å². The fourth-order valence-corrected chi connectivity index (χ4v) is 0. The van der Waals surface area contributed by atoms with Crippen LogP contribution in [0.15, 0.2) is 10.0 Å². The van der Waals surface area contributed by atoms with Crippen molar-refractivity contribution in [1.29, 1.82) is 0 Å². The second-order valence-corrected chi connectivity index (χ2v) is 5.11. The van der Waals surface area contributed by atoms with Crippen molar-refractivity contribution in [2.24, 2.45) is 0 Å². The molecule has 6 heteroatoms. The van der Waals surface area contributed by atoms with Gasteiger partial charge in [0.25, 0.3) is 0 Å². The van der Waals surface area contributed by atoms with E-state index >= 15 is 0 Å². The molecule has 0 aliphatic heterocycles. The van der Waals surface area contributed by atoms with Crippen molar-refractivity contribution in [3.05, 3.63) is 10.0 Å². The highest BCUT2D eigenvalue weighted by molar-refractivity contribution is 6.67. The minimum atomic E-state index is -1.04. The molecule has 0 aromatic heterocycles. The number of hydrogen-bond acceptors (Lipinski definition) is 0. The van der Waals surface area contributed by atoms with Gasteiger partial charge in [-0.15, -0.1) is 0 Å². The zero-order chi connectivity index (χ0) is 9.49. The summed E-state index contributed by atoms with van der Waals surface area (Å²) >= 11 is 30.6.